The lowest BCUT2D eigenvalue weighted by atomic mass is 10.1. The lowest BCUT2D eigenvalue weighted by Gasteiger charge is -2.35. The third kappa shape index (κ3) is 3.80. The van der Waals surface area contributed by atoms with Crippen LogP contribution < -0.4 is 10.6 Å². The average molecular weight is 331 g/mol. The number of halogens is 1. The predicted octanol–water partition coefficient (Wildman–Crippen LogP) is 0.822. The minimum absolute atomic E-state index is 0.0537. The number of hydrogen-bond donors (Lipinski definition) is 2. The molecule has 128 valence electrons. The molecule has 3 rings (SSSR count). The average Bonchev–Trinajstić information content (AvgIpc) is 3.00. The van der Waals surface area contributed by atoms with Crippen molar-refractivity contribution >= 4 is 5.91 Å². The Morgan fingerprint density at radius 1 is 1.46 bits per heavy atom. The van der Waals surface area contributed by atoms with Gasteiger partial charge in [-0.05, 0) is 6.07 Å². The van der Waals surface area contributed by atoms with Gasteiger partial charge in [-0.1, -0.05) is 18.2 Å². The first-order valence-electron chi connectivity index (χ1n) is 8.07. The van der Waals surface area contributed by atoms with Crippen molar-refractivity contribution in [3.8, 4) is 0 Å². The molecule has 2 heterocycles. The number of aromatic nitrogens is 2. The molecule has 1 saturated heterocycles. The van der Waals surface area contributed by atoms with Crippen molar-refractivity contribution in [1.82, 2.24) is 25.1 Å². The highest BCUT2D eigenvalue weighted by Gasteiger charge is 2.28. The summed E-state index contributed by atoms with van der Waals surface area (Å²) in [5.74, 6) is 0.523. The second-order valence-electron chi connectivity index (χ2n) is 5.95. The maximum absolute atomic E-state index is 13.6. The predicted molar refractivity (Wildman–Crippen MR) is 88.6 cm³/mol. The number of amides is 1. The molecule has 0 radical (unpaired) electrons. The number of benzene rings is 1. The molecule has 1 fully saturated rings. The molecule has 24 heavy (non-hydrogen) atoms. The van der Waals surface area contributed by atoms with E-state index in [9.17, 15) is 9.18 Å². The van der Waals surface area contributed by atoms with E-state index in [-0.39, 0.29) is 30.9 Å². The Hall–Kier alpha value is -2.25. The fourth-order valence-corrected chi connectivity index (χ4v) is 2.96. The van der Waals surface area contributed by atoms with Gasteiger partial charge in [-0.3, -0.25) is 9.69 Å². The van der Waals surface area contributed by atoms with Gasteiger partial charge in [0.15, 0.2) is 0 Å². The number of piperazine rings is 1. The van der Waals surface area contributed by atoms with Crippen LogP contribution in [-0.4, -0.2) is 46.5 Å². The molecule has 1 aliphatic rings. The molecule has 1 atom stereocenters. The molecular formula is C17H22FN5O. The van der Waals surface area contributed by atoms with Crippen LogP contribution in [0.5, 0.6) is 0 Å². The Balaban J connectivity index is 1.60. The lowest BCUT2D eigenvalue weighted by Crippen LogP contribution is -2.50. The molecule has 1 aliphatic heterocycles. The molecule has 2 aromatic rings. The summed E-state index contributed by atoms with van der Waals surface area (Å²) in [5.41, 5.74) is 0.492. The van der Waals surface area contributed by atoms with Crippen molar-refractivity contribution < 1.29 is 9.18 Å². The zero-order chi connectivity index (χ0) is 16.9. The monoisotopic (exact) mass is 331 g/mol. The first kappa shape index (κ1) is 16.6. The summed E-state index contributed by atoms with van der Waals surface area (Å²) in [4.78, 5) is 18.8. The molecule has 6 nitrogen and oxygen atoms in total. The Morgan fingerprint density at radius 2 is 2.29 bits per heavy atom. The summed E-state index contributed by atoms with van der Waals surface area (Å²) in [5, 5.41) is 6.14. The van der Waals surface area contributed by atoms with Crippen LogP contribution in [-0.2, 0) is 18.4 Å². The molecule has 0 bridgehead atoms. The van der Waals surface area contributed by atoms with Crippen LogP contribution in [0.25, 0.3) is 0 Å². The number of nitrogens with zero attached hydrogens (tertiary/aromatic N) is 3. The topological polar surface area (TPSA) is 62.2 Å². The van der Waals surface area contributed by atoms with Crippen LogP contribution in [0.4, 0.5) is 4.39 Å². The first-order valence-corrected chi connectivity index (χ1v) is 8.07. The molecule has 1 aromatic carbocycles. The SMILES string of the molecule is Cn1ccnc1C1CNCCN1CC(=O)NCc1ccccc1F. The van der Waals surface area contributed by atoms with Crippen molar-refractivity contribution in [3.05, 3.63) is 53.9 Å². The van der Waals surface area contributed by atoms with Crippen LogP contribution in [0.3, 0.4) is 0 Å². The zero-order valence-electron chi connectivity index (χ0n) is 13.7. The Labute approximate surface area is 140 Å². The maximum Gasteiger partial charge on any atom is 0.234 e. The summed E-state index contributed by atoms with van der Waals surface area (Å²) < 4.78 is 15.6. The van der Waals surface area contributed by atoms with Crippen LogP contribution >= 0.6 is 0 Å². The number of carbonyl (C=O) groups excluding carboxylic acids is 1. The van der Waals surface area contributed by atoms with Crippen LogP contribution in [0, 0.1) is 5.82 Å². The third-order valence-electron chi connectivity index (χ3n) is 4.29. The van der Waals surface area contributed by atoms with E-state index in [4.69, 9.17) is 0 Å². The lowest BCUT2D eigenvalue weighted by molar-refractivity contribution is -0.123. The van der Waals surface area contributed by atoms with E-state index in [1.807, 2.05) is 17.8 Å². The minimum Gasteiger partial charge on any atom is -0.351 e. The molecular weight excluding hydrogens is 309 g/mol. The van der Waals surface area contributed by atoms with Gasteiger partial charge in [-0.15, -0.1) is 0 Å². The highest BCUT2D eigenvalue weighted by Crippen LogP contribution is 2.19. The van der Waals surface area contributed by atoms with Crippen LogP contribution in [0.15, 0.2) is 36.7 Å². The standard InChI is InChI=1S/C17H22FN5O/c1-22-8-7-20-17(22)15-11-19-6-9-23(15)12-16(24)21-10-13-4-2-3-5-14(13)18/h2-5,7-8,15,19H,6,9-12H2,1H3,(H,21,24). The molecule has 1 amide bonds. The van der Waals surface area contributed by atoms with Gasteiger partial charge < -0.3 is 15.2 Å². The third-order valence-corrected chi connectivity index (χ3v) is 4.29. The fourth-order valence-electron chi connectivity index (χ4n) is 2.96. The van der Waals surface area contributed by atoms with Crippen molar-refractivity contribution in [2.75, 3.05) is 26.2 Å². The molecule has 0 aliphatic carbocycles. The van der Waals surface area contributed by atoms with Gasteiger partial charge in [0.05, 0.1) is 12.6 Å². The molecule has 2 N–H and O–H groups in total. The second kappa shape index (κ2) is 7.55. The molecule has 1 unspecified atom stereocenters. The quantitative estimate of drug-likeness (QED) is 0.852. The fraction of sp³-hybridized carbons (Fsp3) is 0.412. The molecule has 1 aromatic heterocycles. The van der Waals surface area contributed by atoms with E-state index in [2.05, 4.69) is 20.5 Å². The minimum atomic E-state index is -0.300. The normalized spacial score (nSPS) is 18.5. The summed E-state index contributed by atoms with van der Waals surface area (Å²) in [6.07, 6.45) is 3.67. The van der Waals surface area contributed by atoms with Crippen molar-refractivity contribution in [1.29, 1.82) is 0 Å². The number of carbonyl (C=O) groups is 1. The summed E-state index contributed by atoms with van der Waals surface area (Å²) in [6.45, 7) is 2.83. The van der Waals surface area contributed by atoms with Gasteiger partial charge in [0.2, 0.25) is 5.91 Å². The molecule has 0 spiro atoms. The Kier molecular flexibility index (Phi) is 5.22. The van der Waals surface area contributed by atoms with Gasteiger partial charge in [0.1, 0.15) is 11.6 Å². The first-order chi connectivity index (χ1) is 11.6. The van der Waals surface area contributed by atoms with Crippen LogP contribution in [0.1, 0.15) is 17.4 Å². The smallest absolute Gasteiger partial charge is 0.234 e. The van der Waals surface area contributed by atoms with Crippen molar-refractivity contribution in [3.63, 3.8) is 0 Å². The van der Waals surface area contributed by atoms with Gasteiger partial charge in [-0.25, -0.2) is 9.37 Å². The van der Waals surface area contributed by atoms with E-state index in [0.29, 0.717) is 5.56 Å². The van der Waals surface area contributed by atoms with Crippen molar-refractivity contribution in [2.24, 2.45) is 7.05 Å². The summed E-state index contributed by atoms with van der Waals surface area (Å²) in [7, 11) is 1.95. The zero-order valence-corrected chi connectivity index (χ0v) is 13.7. The van der Waals surface area contributed by atoms with E-state index in [0.717, 1.165) is 25.5 Å². The molecule has 0 saturated carbocycles. The summed E-state index contributed by atoms with van der Waals surface area (Å²) >= 11 is 0. The maximum atomic E-state index is 13.6. The van der Waals surface area contributed by atoms with Gasteiger partial charge in [-0.2, -0.15) is 0 Å². The highest BCUT2D eigenvalue weighted by molar-refractivity contribution is 5.78. The van der Waals surface area contributed by atoms with E-state index < -0.39 is 0 Å². The van der Waals surface area contributed by atoms with E-state index >= 15 is 0 Å². The van der Waals surface area contributed by atoms with E-state index in [1.54, 1.807) is 24.4 Å². The Bertz CT molecular complexity index is 702. The summed E-state index contributed by atoms with van der Waals surface area (Å²) in [6, 6.07) is 6.53. The van der Waals surface area contributed by atoms with Gasteiger partial charge in [0.25, 0.3) is 0 Å². The molecule has 7 heteroatoms. The number of imidazole rings is 1. The number of nitrogens with one attached hydrogen (secondary N) is 2. The number of hydrogen-bond acceptors (Lipinski definition) is 4. The largest absolute Gasteiger partial charge is 0.351 e. The number of aryl methyl sites for hydroxylation is 1. The number of rotatable bonds is 5. The Morgan fingerprint density at radius 3 is 3.04 bits per heavy atom. The van der Waals surface area contributed by atoms with E-state index in [1.165, 1.54) is 6.07 Å². The second-order valence-corrected chi connectivity index (χ2v) is 5.95. The van der Waals surface area contributed by atoms with Crippen LogP contribution in [0.2, 0.25) is 0 Å². The highest BCUT2D eigenvalue weighted by atomic mass is 19.1. The van der Waals surface area contributed by atoms with Crippen molar-refractivity contribution in [2.45, 2.75) is 12.6 Å². The van der Waals surface area contributed by atoms with Gasteiger partial charge in [0, 0.05) is 51.2 Å². The van der Waals surface area contributed by atoms with Gasteiger partial charge >= 0.3 is 0 Å².